The highest BCUT2D eigenvalue weighted by atomic mass is 16.6. The monoisotopic (exact) mass is 422 g/mol. The average molecular weight is 423 g/mol. The summed E-state index contributed by atoms with van der Waals surface area (Å²) in [5, 5.41) is 0. The predicted molar refractivity (Wildman–Crippen MR) is 124 cm³/mol. The number of hydrogen-bond donors (Lipinski definition) is 0. The van der Waals surface area contributed by atoms with E-state index in [2.05, 4.69) is 20.4 Å². The molecule has 2 rings (SSSR count). The summed E-state index contributed by atoms with van der Waals surface area (Å²) in [6.45, 7) is 9.99. The lowest BCUT2D eigenvalue weighted by molar-refractivity contribution is -0.0907. The number of carbonyl (C=O) groups is 2. The molecule has 0 bridgehead atoms. The molecule has 0 aliphatic heterocycles. The maximum Gasteiger partial charge on any atom is 0.338 e. The Labute approximate surface area is 186 Å². The highest BCUT2D eigenvalue weighted by Crippen LogP contribution is 2.42. The molecular formula is C27H34O4. The first kappa shape index (κ1) is 24.4. The van der Waals surface area contributed by atoms with Crippen LogP contribution >= 0.6 is 0 Å². The maximum atomic E-state index is 12.9. The molecule has 0 aliphatic rings. The zero-order valence-electron chi connectivity index (χ0n) is 18.9. The van der Waals surface area contributed by atoms with Crippen molar-refractivity contribution in [1.82, 2.24) is 0 Å². The van der Waals surface area contributed by atoms with Crippen LogP contribution in [-0.4, -0.2) is 24.1 Å². The summed E-state index contributed by atoms with van der Waals surface area (Å²) in [5.41, 5.74) is 0.511. The smallest absolute Gasteiger partial charge is 0.338 e. The van der Waals surface area contributed by atoms with Gasteiger partial charge in [-0.1, -0.05) is 69.2 Å². The molecule has 2 unspecified atom stereocenters. The quantitative estimate of drug-likeness (QED) is 0.285. The number of ether oxygens (including phenoxy) is 2. The standard InChI is InChI=1S/C27H34O4/c1-5-14-24(31-26(29)23-17-12-9-13-18-23)27(19-6-2,20-7-3)21(4)30-25(28)22-15-10-8-11-16-22/h5,8-13,15-18,21,24H,1,6-7,14,19-20H2,2-4H3. The van der Waals surface area contributed by atoms with Gasteiger partial charge in [-0.2, -0.15) is 0 Å². The van der Waals surface area contributed by atoms with Crippen molar-refractivity contribution in [1.29, 1.82) is 0 Å². The number of esters is 2. The first-order chi connectivity index (χ1) is 15.0. The Morgan fingerprint density at radius 2 is 1.32 bits per heavy atom. The Balaban J connectivity index is 2.35. The molecule has 0 saturated carbocycles. The molecule has 0 saturated heterocycles. The maximum absolute atomic E-state index is 12.9. The largest absolute Gasteiger partial charge is 0.458 e. The van der Waals surface area contributed by atoms with Crippen molar-refractivity contribution in [3.63, 3.8) is 0 Å². The highest BCUT2D eigenvalue weighted by Gasteiger charge is 2.46. The normalized spacial score (nSPS) is 13.1. The van der Waals surface area contributed by atoms with Gasteiger partial charge in [-0.3, -0.25) is 0 Å². The van der Waals surface area contributed by atoms with E-state index in [1.165, 1.54) is 0 Å². The third-order valence-corrected chi connectivity index (χ3v) is 5.81. The summed E-state index contributed by atoms with van der Waals surface area (Å²) >= 11 is 0. The van der Waals surface area contributed by atoms with Crippen LogP contribution in [0.15, 0.2) is 73.3 Å². The number of hydrogen-bond acceptors (Lipinski definition) is 4. The van der Waals surface area contributed by atoms with E-state index in [4.69, 9.17) is 9.47 Å². The zero-order valence-corrected chi connectivity index (χ0v) is 18.9. The summed E-state index contributed by atoms with van der Waals surface area (Å²) in [7, 11) is 0. The molecule has 0 amide bonds. The van der Waals surface area contributed by atoms with Gasteiger partial charge in [0, 0.05) is 11.8 Å². The summed E-state index contributed by atoms with van der Waals surface area (Å²) in [6, 6.07) is 18.0. The second-order valence-electron chi connectivity index (χ2n) is 7.93. The first-order valence-electron chi connectivity index (χ1n) is 11.1. The highest BCUT2D eigenvalue weighted by molar-refractivity contribution is 5.90. The Morgan fingerprint density at radius 3 is 1.74 bits per heavy atom. The number of carbonyl (C=O) groups excluding carboxylic acids is 2. The molecule has 0 spiro atoms. The topological polar surface area (TPSA) is 52.6 Å². The molecule has 0 aromatic heterocycles. The Morgan fingerprint density at radius 1 is 0.871 bits per heavy atom. The average Bonchev–Trinajstić information content (AvgIpc) is 2.79. The SMILES string of the molecule is C=CCC(OC(=O)c1ccccc1)C(CCC)(CCC)C(C)OC(=O)c1ccccc1. The van der Waals surface area contributed by atoms with E-state index in [1.807, 2.05) is 43.3 Å². The molecule has 0 fully saturated rings. The molecule has 0 radical (unpaired) electrons. The molecule has 0 N–H and O–H groups in total. The molecule has 4 heteroatoms. The number of benzene rings is 2. The van der Waals surface area contributed by atoms with Gasteiger partial charge in [0.1, 0.15) is 12.2 Å². The van der Waals surface area contributed by atoms with Gasteiger partial charge in [0.05, 0.1) is 11.1 Å². The Kier molecular flexibility index (Phi) is 9.51. The fraction of sp³-hybridized carbons (Fsp3) is 0.407. The first-order valence-corrected chi connectivity index (χ1v) is 11.1. The molecular weight excluding hydrogens is 388 g/mol. The third kappa shape index (κ3) is 6.30. The van der Waals surface area contributed by atoms with E-state index in [0.29, 0.717) is 17.5 Å². The van der Waals surface area contributed by atoms with Gasteiger partial charge < -0.3 is 9.47 Å². The van der Waals surface area contributed by atoms with Crippen molar-refractivity contribution in [2.24, 2.45) is 5.41 Å². The van der Waals surface area contributed by atoms with E-state index >= 15 is 0 Å². The van der Waals surface area contributed by atoms with Crippen LogP contribution < -0.4 is 0 Å². The van der Waals surface area contributed by atoms with Crippen LogP contribution in [-0.2, 0) is 9.47 Å². The van der Waals surface area contributed by atoms with Gasteiger partial charge in [-0.15, -0.1) is 6.58 Å². The van der Waals surface area contributed by atoms with Gasteiger partial charge in [0.15, 0.2) is 0 Å². The van der Waals surface area contributed by atoms with Crippen molar-refractivity contribution in [2.45, 2.75) is 65.1 Å². The second kappa shape index (κ2) is 12.1. The van der Waals surface area contributed by atoms with Crippen molar-refractivity contribution in [3.8, 4) is 0 Å². The van der Waals surface area contributed by atoms with E-state index in [1.54, 1.807) is 30.3 Å². The van der Waals surface area contributed by atoms with Crippen LogP contribution in [0.4, 0.5) is 0 Å². The van der Waals surface area contributed by atoms with E-state index in [9.17, 15) is 9.59 Å². The molecule has 2 aromatic carbocycles. The molecule has 2 aromatic rings. The molecule has 0 aliphatic carbocycles. The van der Waals surface area contributed by atoms with E-state index in [-0.39, 0.29) is 11.9 Å². The van der Waals surface area contributed by atoms with Crippen molar-refractivity contribution in [2.75, 3.05) is 0 Å². The van der Waals surface area contributed by atoms with Gasteiger partial charge in [-0.05, 0) is 44.0 Å². The minimum absolute atomic E-state index is 0.364. The Hall–Kier alpha value is -2.88. The van der Waals surface area contributed by atoms with Gasteiger partial charge in [-0.25, -0.2) is 9.59 Å². The predicted octanol–water partition coefficient (Wildman–Crippen LogP) is 6.62. The molecule has 31 heavy (non-hydrogen) atoms. The van der Waals surface area contributed by atoms with Crippen LogP contribution in [0, 0.1) is 5.41 Å². The van der Waals surface area contributed by atoms with Gasteiger partial charge >= 0.3 is 11.9 Å². The third-order valence-electron chi connectivity index (χ3n) is 5.81. The minimum Gasteiger partial charge on any atom is -0.458 e. The number of rotatable bonds is 12. The molecule has 2 atom stereocenters. The van der Waals surface area contributed by atoms with Crippen LogP contribution in [0.5, 0.6) is 0 Å². The lowest BCUT2D eigenvalue weighted by atomic mass is 9.69. The van der Waals surface area contributed by atoms with Crippen molar-refractivity contribution < 1.29 is 19.1 Å². The summed E-state index contributed by atoms with van der Waals surface area (Å²) in [4.78, 5) is 25.7. The van der Waals surface area contributed by atoms with Crippen molar-refractivity contribution >= 4 is 11.9 Å². The summed E-state index contributed by atoms with van der Waals surface area (Å²) in [6.07, 6.45) is 4.67. The fourth-order valence-electron chi connectivity index (χ4n) is 4.29. The van der Waals surface area contributed by atoms with Crippen LogP contribution in [0.3, 0.4) is 0 Å². The molecule has 166 valence electrons. The van der Waals surface area contributed by atoms with Gasteiger partial charge in [0.25, 0.3) is 0 Å². The van der Waals surface area contributed by atoms with Crippen LogP contribution in [0.1, 0.15) is 73.6 Å². The summed E-state index contributed by atoms with van der Waals surface area (Å²) in [5.74, 6) is -0.734. The minimum atomic E-state index is -0.507. The van der Waals surface area contributed by atoms with Crippen LogP contribution in [0.2, 0.25) is 0 Å². The van der Waals surface area contributed by atoms with E-state index in [0.717, 1.165) is 25.7 Å². The van der Waals surface area contributed by atoms with Crippen molar-refractivity contribution in [3.05, 3.63) is 84.4 Å². The lowest BCUT2D eigenvalue weighted by Gasteiger charge is -2.43. The Bertz CT molecular complexity index is 823. The fourth-order valence-corrected chi connectivity index (χ4v) is 4.29. The molecule has 0 heterocycles. The van der Waals surface area contributed by atoms with E-state index < -0.39 is 17.6 Å². The zero-order chi connectivity index (χ0) is 22.7. The second-order valence-corrected chi connectivity index (χ2v) is 7.93. The van der Waals surface area contributed by atoms with Crippen LogP contribution in [0.25, 0.3) is 0 Å². The molecule has 4 nitrogen and oxygen atoms in total. The lowest BCUT2D eigenvalue weighted by Crippen LogP contribution is -2.48. The van der Waals surface area contributed by atoms with Gasteiger partial charge in [0.2, 0.25) is 0 Å². The summed E-state index contributed by atoms with van der Waals surface area (Å²) < 4.78 is 12.0.